The van der Waals surface area contributed by atoms with E-state index in [4.69, 9.17) is 4.74 Å². The van der Waals surface area contributed by atoms with Crippen molar-refractivity contribution in [3.8, 4) is 5.75 Å². The van der Waals surface area contributed by atoms with Gasteiger partial charge in [0.05, 0.1) is 6.10 Å². The highest BCUT2D eigenvalue weighted by molar-refractivity contribution is 5.92. The monoisotopic (exact) mass is 371 g/mol. The van der Waals surface area contributed by atoms with Crippen LogP contribution in [0.2, 0.25) is 0 Å². The van der Waals surface area contributed by atoms with Gasteiger partial charge in [-0.2, -0.15) is 0 Å². The zero-order valence-electron chi connectivity index (χ0n) is 16.9. The first-order chi connectivity index (χ1) is 12.7. The van der Waals surface area contributed by atoms with Crippen molar-refractivity contribution in [3.63, 3.8) is 0 Å². The maximum Gasteiger partial charge on any atom is 0.227 e. The number of ether oxygens (including phenoxy) is 1. The third kappa shape index (κ3) is 6.38. The molecule has 3 nitrogen and oxygen atoms in total. The Balaban J connectivity index is 1.91. The number of amides is 1. The van der Waals surface area contributed by atoms with E-state index in [9.17, 15) is 9.18 Å². The van der Waals surface area contributed by atoms with E-state index in [0.29, 0.717) is 12.0 Å². The van der Waals surface area contributed by atoms with E-state index in [0.717, 1.165) is 23.4 Å². The smallest absolute Gasteiger partial charge is 0.227 e. The van der Waals surface area contributed by atoms with Crippen LogP contribution in [-0.2, 0) is 16.9 Å². The second kappa shape index (κ2) is 9.03. The van der Waals surface area contributed by atoms with Gasteiger partial charge in [-0.1, -0.05) is 38.1 Å². The molecule has 2 aromatic rings. The van der Waals surface area contributed by atoms with Gasteiger partial charge in [-0.15, -0.1) is 0 Å². The zero-order valence-corrected chi connectivity index (χ0v) is 16.9. The number of anilines is 1. The molecule has 0 fully saturated rings. The molecule has 0 aliphatic carbocycles. The van der Waals surface area contributed by atoms with Crippen LogP contribution in [-0.4, -0.2) is 12.0 Å². The van der Waals surface area contributed by atoms with Gasteiger partial charge in [0, 0.05) is 11.6 Å². The summed E-state index contributed by atoms with van der Waals surface area (Å²) in [4.78, 5) is 12.4. The minimum Gasteiger partial charge on any atom is -0.491 e. The van der Waals surface area contributed by atoms with Crippen LogP contribution in [0.15, 0.2) is 48.5 Å². The molecular formula is C23H30FNO2. The van der Waals surface area contributed by atoms with Crippen molar-refractivity contribution in [1.82, 2.24) is 0 Å². The van der Waals surface area contributed by atoms with Gasteiger partial charge in [0.2, 0.25) is 5.91 Å². The molecule has 0 saturated heterocycles. The average Bonchev–Trinajstić information content (AvgIpc) is 2.62. The summed E-state index contributed by atoms with van der Waals surface area (Å²) in [6.45, 7) is 9.07. The molecule has 2 rings (SSSR count). The molecule has 0 aliphatic heterocycles. The number of carbonyl (C=O) groups is 1. The fraction of sp³-hybridized carbons (Fsp3) is 0.435. The van der Waals surface area contributed by atoms with Gasteiger partial charge < -0.3 is 10.1 Å². The van der Waals surface area contributed by atoms with Gasteiger partial charge in [-0.3, -0.25) is 4.79 Å². The molecular weight excluding hydrogens is 341 g/mol. The van der Waals surface area contributed by atoms with Gasteiger partial charge >= 0.3 is 0 Å². The lowest BCUT2D eigenvalue weighted by atomic mass is 9.95. The molecule has 0 aliphatic rings. The normalized spacial score (nSPS) is 13.7. The Labute approximate surface area is 161 Å². The van der Waals surface area contributed by atoms with Crippen LogP contribution in [0, 0.1) is 5.92 Å². The molecule has 0 saturated carbocycles. The number of hydrogen-bond donors (Lipinski definition) is 1. The summed E-state index contributed by atoms with van der Waals surface area (Å²) in [6, 6.07) is 14.8. The first kappa shape index (κ1) is 20.9. The average molecular weight is 371 g/mol. The number of carbonyl (C=O) groups excluding carboxylic acids is 1. The fourth-order valence-corrected chi connectivity index (χ4v) is 2.68. The minimum absolute atomic E-state index is 0.0412. The molecule has 2 aromatic carbocycles. The Morgan fingerprint density at radius 1 is 1.07 bits per heavy atom. The van der Waals surface area contributed by atoms with E-state index in [1.54, 1.807) is 12.1 Å². The van der Waals surface area contributed by atoms with Crippen LogP contribution >= 0.6 is 0 Å². The van der Waals surface area contributed by atoms with Crippen LogP contribution in [0.5, 0.6) is 5.75 Å². The number of halogens is 1. The van der Waals surface area contributed by atoms with Gasteiger partial charge in [0.1, 0.15) is 11.4 Å². The van der Waals surface area contributed by atoms with Crippen molar-refractivity contribution in [2.45, 2.75) is 59.2 Å². The number of hydrogen-bond acceptors (Lipinski definition) is 2. The van der Waals surface area contributed by atoms with E-state index in [2.05, 4.69) is 12.2 Å². The summed E-state index contributed by atoms with van der Waals surface area (Å²) in [5, 5.41) is 2.94. The van der Waals surface area contributed by atoms with Crippen LogP contribution in [0.3, 0.4) is 0 Å². The highest BCUT2D eigenvalue weighted by Gasteiger charge is 2.19. The number of nitrogens with one attached hydrogen (secondary N) is 1. The lowest BCUT2D eigenvalue weighted by Crippen LogP contribution is -2.22. The molecule has 0 aromatic heterocycles. The summed E-state index contributed by atoms with van der Waals surface area (Å²) in [7, 11) is 0. The van der Waals surface area contributed by atoms with Gasteiger partial charge in [-0.05, 0) is 69.0 Å². The Bertz CT molecular complexity index is 732. The molecule has 0 bridgehead atoms. The zero-order chi connectivity index (χ0) is 20.0. The fourth-order valence-electron chi connectivity index (χ4n) is 2.68. The number of alkyl halides is 1. The third-order valence-corrected chi connectivity index (χ3v) is 4.66. The predicted molar refractivity (Wildman–Crippen MR) is 109 cm³/mol. The van der Waals surface area contributed by atoms with Gasteiger partial charge in [0.15, 0.2) is 0 Å². The maximum absolute atomic E-state index is 13.9. The first-order valence-electron chi connectivity index (χ1n) is 9.55. The molecule has 2 unspecified atom stereocenters. The van der Waals surface area contributed by atoms with Crippen molar-refractivity contribution in [3.05, 3.63) is 59.7 Å². The molecule has 1 amide bonds. The third-order valence-electron chi connectivity index (χ3n) is 4.66. The van der Waals surface area contributed by atoms with Gasteiger partial charge in [0.25, 0.3) is 0 Å². The van der Waals surface area contributed by atoms with E-state index in [1.165, 1.54) is 13.8 Å². The van der Waals surface area contributed by atoms with Crippen molar-refractivity contribution in [1.29, 1.82) is 0 Å². The van der Waals surface area contributed by atoms with Gasteiger partial charge in [-0.25, -0.2) is 4.39 Å². The molecule has 2 atom stereocenters. The Kier molecular flexibility index (Phi) is 7.00. The van der Waals surface area contributed by atoms with E-state index >= 15 is 0 Å². The molecule has 4 heteroatoms. The van der Waals surface area contributed by atoms with Crippen molar-refractivity contribution in [2.75, 3.05) is 5.32 Å². The lowest BCUT2D eigenvalue weighted by molar-refractivity contribution is -0.119. The Hall–Kier alpha value is -2.36. The molecule has 146 valence electrons. The highest BCUT2D eigenvalue weighted by atomic mass is 19.1. The van der Waals surface area contributed by atoms with Crippen molar-refractivity contribution < 1.29 is 13.9 Å². The van der Waals surface area contributed by atoms with Crippen LogP contribution in [0.25, 0.3) is 0 Å². The van der Waals surface area contributed by atoms with Crippen LogP contribution in [0.4, 0.5) is 10.1 Å². The molecule has 0 radical (unpaired) electrons. The molecule has 0 spiro atoms. The van der Waals surface area contributed by atoms with Crippen LogP contribution in [0.1, 0.15) is 52.2 Å². The first-order valence-corrected chi connectivity index (χ1v) is 9.55. The minimum atomic E-state index is -1.35. The summed E-state index contributed by atoms with van der Waals surface area (Å²) >= 11 is 0. The second-order valence-corrected chi connectivity index (χ2v) is 7.62. The second-order valence-electron chi connectivity index (χ2n) is 7.62. The molecule has 1 N–H and O–H groups in total. The highest BCUT2D eigenvalue weighted by Crippen LogP contribution is 2.25. The SMILES string of the molecule is CCC(C)Oc1ccc(NC(=O)C(C)Cc2ccc(C(C)(C)F)cc2)cc1. The number of rotatable bonds is 8. The maximum atomic E-state index is 13.9. The van der Waals surface area contributed by atoms with Crippen LogP contribution < -0.4 is 10.1 Å². The predicted octanol–water partition coefficient (Wildman–Crippen LogP) is 5.89. The van der Waals surface area contributed by atoms with Crippen molar-refractivity contribution >= 4 is 11.6 Å². The number of benzene rings is 2. The van der Waals surface area contributed by atoms with E-state index < -0.39 is 5.67 Å². The molecule has 0 heterocycles. The summed E-state index contributed by atoms with van der Waals surface area (Å²) < 4.78 is 19.7. The van der Waals surface area contributed by atoms with E-state index in [1.807, 2.05) is 50.2 Å². The standard InChI is InChI=1S/C23H30FNO2/c1-6-17(3)27-21-13-11-20(12-14-21)25-22(26)16(2)15-18-7-9-19(10-8-18)23(4,5)24/h7-14,16-17H,6,15H2,1-5H3,(H,25,26). The summed E-state index contributed by atoms with van der Waals surface area (Å²) in [5.41, 5.74) is 1.05. The topological polar surface area (TPSA) is 38.3 Å². The quantitative estimate of drug-likeness (QED) is 0.629. The Morgan fingerprint density at radius 3 is 2.19 bits per heavy atom. The largest absolute Gasteiger partial charge is 0.491 e. The van der Waals surface area contributed by atoms with E-state index in [-0.39, 0.29) is 17.9 Å². The van der Waals surface area contributed by atoms with Crippen molar-refractivity contribution in [2.24, 2.45) is 5.92 Å². The summed E-state index contributed by atoms with van der Waals surface area (Å²) in [5.74, 6) is 0.567. The lowest BCUT2D eigenvalue weighted by Gasteiger charge is -2.16. The molecule has 27 heavy (non-hydrogen) atoms. The summed E-state index contributed by atoms with van der Waals surface area (Å²) in [6.07, 6.45) is 1.72. The Morgan fingerprint density at radius 2 is 1.67 bits per heavy atom.